The van der Waals surface area contributed by atoms with Crippen LogP contribution in [-0.4, -0.2) is 15.2 Å². The Bertz CT molecular complexity index is 509. The fourth-order valence-corrected chi connectivity index (χ4v) is 1.52. The lowest BCUT2D eigenvalue weighted by molar-refractivity contribution is 0.224. The molecule has 1 aromatic heterocycles. The van der Waals surface area contributed by atoms with E-state index in [2.05, 4.69) is 4.98 Å². The number of benzene rings is 1. The highest BCUT2D eigenvalue weighted by molar-refractivity contribution is 5.50. The number of hydrogen-bond acceptors (Lipinski definition) is 3. The van der Waals surface area contributed by atoms with Crippen molar-refractivity contribution in [2.24, 2.45) is 0 Å². The highest BCUT2D eigenvalue weighted by atomic mass is 16.3. The molecule has 0 fully saturated rings. The summed E-state index contributed by atoms with van der Waals surface area (Å²) in [5.74, 6) is 0.0966. The molecule has 1 atom stereocenters. The van der Waals surface area contributed by atoms with Crippen molar-refractivity contribution in [2.45, 2.75) is 6.10 Å². The summed E-state index contributed by atoms with van der Waals surface area (Å²) in [4.78, 5) is 3.91. The van der Waals surface area contributed by atoms with Crippen molar-refractivity contribution >= 4 is 6.08 Å². The topological polar surface area (TPSA) is 53.4 Å². The average Bonchev–Trinajstić information content (AvgIpc) is 2.38. The molecule has 3 heteroatoms. The van der Waals surface area contributed by atoms with Crippen molar-refractivity contribution < 1.29 is 10.2 Å². The van der Waals surface area contributed by atoms with E-state index >= 15 is 0 Å². The van der Waals surface area contributed by atoms with E-state index in [0.29, 0.717) is 5.56 Å². The normalized spacial score (nSPS) is 12.8. The number of aliphatic hydroxyl groups is 1. The number of para-hydroxylation sites is 1. The predicted octanol–water partition coefficient (Wildman–Crippen LogP) is 2.53. The third kappa shape index (κ3) is 2.92. The Kier molecular flexibility index (Phi) is 3.52. The maximum Gasteiger partial charge on any atom is 0.121 e. The molecular formula is C14H13NO2. The summed E-state index contributed by atoms with van der Waals surface area (Å²) in [5, 5.41) is 19.5. The summed E-state index contributed by atoms with van der Waals surface area (Å²) < 4.78 is 0. The highest BCUT2D eigenvalue weighted by Gasteiger charge is 2.07. The van der Waals surface area contributed by atoms with Crippen molar-refractivity contribution in [3.05, 3.63) is 66.0 Å². The average molecular weight is 227 g/mol. The quantitative estimate of drug-likeness (QED) is 0.847. The van der Waals surface area contributed by atoms with Gasteiger partial charge in [0.05, 0.1) is 0 Å². The number of hydrogen-bond donors (Lipinski definition) is 2. The molecule has 1 unspecified atom stereocenters. The van der Waals surface area contributed by atoms with Gasteiger partial charge in [-0.2, -0.15) is 0 Å². The number of aromatic nitrogens is 1. The molecule has 17 heavy (non-hydrogen) atoms. The van der Waals surface area contributed by atoms with Gasteiger partial charge in [0.15, 0.2) is 0 Å². The minimum atomic E-state index is -0.815. The maximum absolute atomic E-state index is 9.90. The van der Waals surface area contributed by atoms with Crippen LogP contribution in [-0.2, 0) is 0 Å². The summed E-state index contributed by atoms with van der Waals surface area (Å²) in [6, 6.07) is 10.4. The third-order valence-electron chi connectivity index (χ3n) is 2.43. The van der Waals surface area contributed by atoms with Crippen LogP contribution in [0.5, 0.6) is 5.75 Å². The molecule has 1 heterocycles. The van der Waals surface area contributed by atoms with Crippen LogP contribution in [0, 0.1) is 0 Å². The van der Waals surface area contributed by atoms with Gasteiger partial charge in [-0.1, -0.05) is 30.4 Å². The highest BCUT2D eigenvalue weighted by Crippen LogP contribution is 2.24. The summed E-state index contributed by atoms with van der Waals surface area (Å²) in [6.07, 6.45) is 5.98. The second kappa shape index (κ2) is 5.27. The van der Waals surface area contributed by atoms with Crippen LogP contribution >= 0.6 is 0 Å². The molecule has 86 valence electrons. The number of phenols is 1. The SMILES string of the molecule is Oc1ccccc1C(O)/C=C/c1ccncc1. The van der Waals surface area contributed by atoms with Gasteiger partial charge in [-0.3, -0.25) is 4.98 Å². The summed E-state index contributed by atoms with van der Waals surface area (Å²) in [5.41, 5.74) is 1.45. The van der Waals surface area contributed by atoms with E-state index in [1.54, 1.807) is 48.8 Å². The standard InChI is InChI=1S/C14H13NO2/c16-13-4-2-1-3-12(13)14(17)6-5-11-7-9-15-10-8-11/h1-10,14,16-17H/b6-5+. The predicted molar refractivity (Wildman–Crippen MR) is 66.3 cm³/mol. The minimum Gasteiger partial charge on any atom is -0.508 e. The number of phenolic OH excluding ortho intramolecular Hbond substituents is 1. The molecule has 0 saturated heterocycles. The van der Waals surface area contributed by atoms with Crippen LogP contribution < -0.4 is 0 Å². The number of nitrogens with zero attached hydrogens (tertiary/aromatic N) is 1. The van der Waals surface area contributed by atoms with Crippen LogP contribution in [0.15, 0.2) is 54.9 Å². The van der Waals surface area contributed by atoms with E-state index in [9.17, 15) is 10.2 Å². The molecule has 2 rings (SSSR count). The molecule has 3 nitrogen and oxygen atoms in total. The van der Waals surface area contributed by atoms with E-state index in [0.717, 1.165) is 5.56 Å². The van der Waals surface area contributed by atoms with Gasteiger partial charge in [0.2, 0.25) is 0 Å². The lowest BCUT2D eigenvalue weighted by atomic mass is 10.1. The van der Waals surface area contributed by atoms with Crippen LogP contribution in [0.4, 0.5) is 0 Å². The van der Waals surface area contributed by atoms with Gasteiger partial charge in [-0.05, 0) is 23.8 Å². The summed E-state index contributed by atoms with van der Waals surface area (Å²) in [7, 11) is 0. The Labute approximate surface area is 99.7 Å². The number of aromatic hydroxyl groups is 1. The van der Waals surface area contributed by atoms with E-state index in [-0.39, 0.29) is 5.75 Å². The molecule has 0 aliphatic carbocycles. The fourth-order valence-electron chi connectivity index (χ4n) is 1.52. The molecular weight excluding hydrogens is 214 g/mol. The van der Waals surface area contributed by atoms with Crippen LogP contribution in [0.2, 0.25) is 0 Å². The van der Waals surface area contributed by atoms with Crippen molar-refractivity contribution in [2.75, 3.05) is 0 Å². The van der Waals surface area contributed by atoms with Crippen LogP contribution in [0.1, 0.15) is 17.2 Å². The third-order valence-corrected chi connectivity index (χ3v) is 2.43. The zero-order chi connectivity index (χ0) is 12.1. The van der Waals surface area contributed by atoms with Crippen molar-refractivity contribution in [3.8, 4) is 5.75 Å². The van der Waals surface area contributed by atoms with E-state index in [4.69, 9.17) is 0 Å². The lowest BCUT2D eigenvalue weighted by Gasteiger charge is -2.07. The van der Waals surface area contributed by atoms with Crippen molar-refractivity contribution in [3.63, 3.8) is 0 Å². The molecule has 0 radical (unpaired) electrons. The second-order valence-electron chi connectivity index (χ2n) is 3.64. The molecule has 0 saturated carbocycles. The van der Waals surface area contributed by atoms with Crippen molar-refractivity contribution in [1.29, 1.82) is 0 Å². The number of aliphatic hydroxyl groups excluding tert-OH is 1. The zero-order valence-corrected chi connectivity index (χ0v) is 9.19. The van der Waals surface area contributed by atoms with Gasteiger partial charge in [-0.15, -0.1) is 0 Å². The molecule has 0 amide bonds. The largest absolute Gasteiger partial charge is 0.508 e. The van der Waals surface area contributed by atoms with E-state index < -0.39 is 6.10 Å². The second-order valence-corrected chi connectivity index (χ2v) is 3.64. The first-order chi connectivity index (χ1) is 8.27. The molecule has 2 aromatic rings. The Morgan fingerprint density at radius 3 is 2.47 bits per heavy atom. The Hall–Kier alpha value is -2.13. The molecule has 1 aromatic carbocycles. The fraction of sp³-hybridized carbons (Fsp3) is 0.0714. The Balaban J connectivity index is 2.15. The molecule has 0 bridgehead atoms. The summed E-state index contributed by atoms with van der Waals surface area (Å²) >= 11 is 0. The first kappa shape index (κ1) is 11.4. The minimum absolute atomic E-state index is 0.0966. The number of pyridine rings is 1. The zero-order valence-electron chi connectivity index (χ0n) is 9.19. The monoisotopic (exact) mass is 227 g/mol. The first-order valence-corrected chi connectivity index (χ1v) is 5.31. The van der Waals surface area contributed by atoms with Gasteiger partial charge in [0.1, 0.15) is 11.9 Å². The lowest BCUT2D eigenvalue weighted by Crippen LogP contribution is -1.93. The number of rotatable bonds is 3. The molecule has 2 N–H and O–H groups in total. The smallest absolute Gasteiger partial charge is 0.121 e. The van der Waals surface area contributed by atoms with Crippen molar-refractivity contribution in [1.82, 2.24) is 4.98 Å². The van der Waals surface area contributed by atoms with Gasteiger partial charge < -0.3 is 10.2 Å². The van der Waals surface area contributed by atoms with Gasteiger partial charge in [0, 0.05) is 18.0 Å². The van der Waals surface area contributed by atoms with Crippen LogP contribution in [0.25, 0.3) is 6.08 Å². The first-order valence-electron chi connectivity index (χ1n) is 5.31. The molecule has 0 spiro atoms. The molecule has 0 aliphatic heterocycles. The van der Waals surface area contributed by atoms with Gasteiger partial charge in [0.25, 0.3) is 0 Å². The van der Waals surface area contributed by atoms with E-state index in [1.165, 1.54) is 0 Å². The van der Waals surface area contributed by atoms with Gasteiger partial charge >= 0.3 is 0 Å². The van der Waals surface area contributed by atoms with E-state index in [1.807, 2.05) is 12.1 Å². The maximum atomic E-state index is 9.90. The summed E-state index contributed by atoms with van der Waals surface area (Å²) in [6.45, 7) is 0. The van der Waals surface area contributed by atoms with Crippen LogP contribution in [0.3, 0.4) is 0 Å². The Morgan fingerprint density at radius 1 is 1.06 bits per heavy atom. The molecule has 0 aliphatic rings. The Morgan fingerprint density at radius 2 is 1.76 bits per heavy atom. The van der Waals surface area contributed by atoms with Gasteiger partial charge in [-0.25, -0.2) is 0 Å².